The van der Waals surface area contributed by atoms with Crippen molar-refractivity contribution in [2.24, 2.45) is 5.14 Å². The van der Waals surface area contributed by atoms with E-state index >= 15 is 0 Å². The molecule has 0 spiro atoms. The van der Waals surface area contributed by atoms with Crippen LogP contribution in [0.3, 0.4) is 0 Å². The van der Waals surface area contributed by atoms with Crippen molar-refractivity contribution in [2.45, 2.75) is 0 Å². The number of hydrogen-bond donors (Lipinski definition) is 2. The summed E-state index contributed by atoms with van der Waals surface area (Å²) in [5, 5.41) is 8.21. The Morgan fingerprint density at radius 1 is 0.889 bits per heavy atom. The summed E-state index contributed by atoms with van der Waals surface area (Å²) < 4.78 is 22.9. The molecule has 0 amide bonds. The van der Waals surface area contributed by atoms with Gasteiger partial charge in [-0.2, -0.15) is 12.7 Å². The van der Waals surface area contributed by atoms with Gasteiger partial charge in [0.1, 0.15) is 0 Å². The van der Waals surface area contributed by atoms with Crippen molar-refractivity contribution in [3.05, 3.63) is 0 Å². The molecule has 8 heteroatoms. The zero-order valence-electron chi connectivity index (χ0n) is 11.3. The fourth-order valence-electron chi connectivity index (χ4n) is 1.82. The molecule has 2 rings (SSSR count). The Balaban J connectivity index is 0.000000199. The number of hydrogen-bond acceptors (Lipinski definition) is 5. The van der Waals surface area contributed by atoms with Crippen LogP contribution in [0.15, 0.2) is 0 Å². The van der Waals surface area contributed by atoms with E-state index in [1.807, 2.05) is 7.05 Å². The molecule has 0 aliphatic carbocycles. The van der Waals surface area contributed by atoms with Crippen LogP contribution in [-0.4, -0.2) is 89.0 Å². The number of nitrogens with zero attached hydrogens (tertiary/aromatic N) is 3. The largest absolute Gasteiger partial charge is 0.314 e. The number of piperazine rings is 2. The summed E-state index contributed by atoms with van der Waals surface area (Å²) >= 11 is 0. The Morgan fingerprint density at radius 3 is 1.67 bits per heavy atom. The second kappa shape index (κ2) is 7.37. The van der Waals surface area contributed by atoms with Crippen LogP contribution in [0.4, 0.5) is 0 Å². The molecule has 2 heterocycles. The summed E-state index contributed by atoms with van der Waals surface area (Å²) in [6.07, 6.45) is 0. The average molecular weight is 279 g/mol. The molecule has 108 valence electrons. The number of likely N-dealkylation sites (N-methyl/N-ethyl adjacent to an activating group) is 2. The average Bonchev–Trinajstić information content (AvgIpc) is 2.30. The van der Waals surface area contributed by atoms with Gasteiger partial charge in [0.15, 0.2) is 0 Å². The fourth-order valence-corrected chi connectivity index (χ4v) is 2.49. The molecular formula is C10H25N5O2S. The highest BCUT2D eigenvalue weighted by Crippen LogP contribution is 2.01. The van der Waals surface area contributed by atoms with Crippen LogP contribution in [0.1, 0.15) is 0 Å². The van der Waals surface area contributed by atoms with Crippen molar-refractivity contribution in [2.75, 3.05) is 66.5 Å². The van der Waals surface area contributed by atoms with Gasteiger partial charge in [-0.05, 0) is 14.1 Å². The quantitative estimate of drug-likeness (QED) is 0.578. The molecule has 2 aliphatic rings. The monoisotopic (exact) mass is 279 g/mol. The van der Waals surface area contributed by atoms with E-state index in [1.54, 1.807) is 0 Å². The summed E-state index contributed by atoms with van der Waals surface area (Å²) in [5.41, 5.74) is 0. The van der Waals surface area contributed by atoms with Crippen LogP contribution >= 0.6 is 0 Å². The minimum Gasteiger partial charge on any atom is -0.314 e. The molecule has 0 aromatic rings. The van der Waals surface area contributed by atoms with Gasteiger partial charge in [0, 0.05) is 52.4 Å². The topological polar surface area (TPSA) is 81.9 Å². The zero-order chi connectivity index (χ0) is 13.6. The number of rotatable bonds is 1. The zero-order valence-corrected chi connectivity index (χ0v) is 12.1. The third-order valence-corrected chi connectivity index (χ3v) is 4.25. The standard InChI is InChI=1S/C5H13N3O2S.C5H12N2/c1-7-2-4-8(5-3-7)11(6,9)10;1-7-4-2-6-3-5-7/h2-5H2,1H3,(H2,6,9,10);6H,2-5H2,1H3. The molecule has 0 atom stereocenters. The minimum absolute atomic E-state index is 0.509. The highest BCUT2D eigenvalue weighted by atomic mass is 32.2. The molecule has 0 bridgehead atoms. The Hall–Kier alpha value is -0.250. The first-order chi connectivity index (χ1) is 8.39. The second-order valence-corrected chi connectivity index (χ2v) is 6.35. The maximum atomic E-state index is 10.8. The highest BCUT2D eigenvalue weighted by Gasteiger charge is 2.21. The number of nitrogens with one attached hydrogen (secondary N) is 1. The van der Waals surface area contributed by atoms with E-state index < -0.39 is 10.2 Å². The molecule has 2 saturated heterocycles. The lowest BCUT2D eigenvalue weighted by atomic mass is 10.4. The SMILES string of the molecule is CN1CCN(S(N)(=O)=O)CC1.CN1CCNCC1. The molecule has 7 nitrogen and oxygen atoms in total. The Morgan fingerprint density at radius 2 is 1.33 bits per heavy atom. The summed E-state index contributed by atoms with van der Waals surface area (Å²) in [7, 11) is 0.670. The first-order valence-corrected chi connectivity index (χ1v) is 7.75. The van der Waals surface area contributed by atoms with Crippen molar-refractivity contribution in [1.29, 1.82) is 0 Å². The lowest BCUT2D eigenvalue weighted by molar-refractivity contribution is 0.222. The Kier molecular flexibility index (Phi) is 6.47. The van der Waals surface area contributed by atoms with E-state index in [0.717, 1.165) is 26.2 Å². The molecular weight excluding hydrogens is 254 g/mol. The van der Waals surface area contributed by atoms with Gasteiger partial charge in [0.05, 0.1) is 0 Å². The van der Waals surface area contributed by atoms with E-state index in [1.165, 1.54) is 17.4 Å². The molecule has 0 aromatic carbocycles. The van der Waals surface area contributed by atoms with Crippen LogP contribution < -0.4 is 10.5 Å². The van der Waals surface area contributed by atoms with Gasteiger partial charge in [-0.1, -0.05) is 0 Å². The maximum Gasteiger partial charge on any atom is 0.276 e. The Bertz CT molecular complexity index is 321. The molecule has 3 N–H and O–H groups in total. The van der Waals surface area contributed by atoms with E-state index in [2.05, 4.69) is 22.2 Å². The lowest BCUT2D eigenvalue weighted by Crippen LogP contribution is -2.49. The van der Waals surface area contributed by atoms with Gasteiger partial charge in [0.2, 0.25) is 0 Å². The molecule has 18 heavy (non-hydrogen) atoms. The van der Waals surface area contributed by atoms with Gasteiger partial charge in [-0.25, -0.2) is 5.14 Å². The number of nitrogens with two attached hydrogens (primary N) is 1. The summed E-state index contributed by atoms with van der Waals surface area (Å²) in [6.45, 7) is 7.28. The van der Waals surface area contributed by atoms with Crippen molar-refractivity contribution in [3.63, 3.8) is 0 Å². The third-order valence-electron chi connectivity index (χ3n) is 3.16. The fraction of sp³-hybridized carbons (Fsp3) is 1.00. The van der Waals surface area contributed by atoms with Crippen LogP contribution in [0.25, 0.3) is 0 Å². The first kappa shape index (κ1) is 15.8. The maximum absolute atomic E-state index is 10.8. The van der Waals surface area contributed by atoms with Gasteiger partial charge in [-0.3, -0.25) is 0 Å². The molecule has 0 radical (unpaired) electrons. The van der Waals surface area contributed by atoms with Crippen LogP contribution in [0, 0.1) is 0 Å². The van der Waals surface area contributed by atoms with Gasteiger partial charge in [0.25, 0.3) is 10.2 Å². The van der Waals surface area contributed by atoms with Crippen molar-refractivity contribution in [1.82, 2.24) is 19.4 Å². The third kappa shape index (κ3) is 6.07. The van der Waals surface area contributed by atoms with E-state index in [4.69, 9.17) is 5.14 Å². The molecule has 0 aromatic heterocycles. The van der Waals surface area contributed by atoms with Crippen LogP contribution in [-0.2, 0) is 10.2 Å². The van der Waals surface area contributed by atoms with E-state index in [9.17, 15) is 8.42 Å². The van der Waals surface area contributed by atoms with Crippen molar-refractivity contribution < 1.29 is 8.42 Å². The summed E-state index contributed by atoms with van der Waals surface area (Å²) in [4.78, 5) is 4.40. The highest BCUT2D eigenvalue weighted by molar-refractivity contribution is 7.86. The summed E-state index contributed by atoms with van der Waals surface area (Å²) in [6, 6.07) is 0. The first-order valence-electron chi connectivity index (χ1n) is 6.25. The lowest BCUT2D eigenvalue weighted by Gasteiger charge is -2.29. The summed E-state index contributed by atoms with van der Waals surface area (Å²) in [5.74, 6) is 0. The van der Waals surface area contributed by atoms with Crippen molar-refractivity contribution in [3.8, 4) is 0 Å². The van der Waals surface area contributed by atoms with Crippen molar-refractivity contribution >= 4 is 10.2 Å². The smallest absolute Gasteiger partial charge is 0.276 e. The van der Waals surface area contributed by atoms with Crippen LogP contribution in [0.5, 0.6) is 0 Å². The predicted octanol–water partition coefficient (Wildman–Crippen LogP) is -2.04. The van der Waals surface area contributed by atoms with Gasteiger partial charge in [-0.15, -0.1) is 0 Å². The van der Waals surface area contributed by atoms with Crippen LogP contribution in [0.2, 0.25) is 0 Å². The van der Waals surface area contributed by atoms with E-state index in [0.29, 0.717) is 13.1 Å². The predicted molar refractivity (Wildman–Crippen MR) is 72.5 cm³/mol. The second-order valence-electron chi connectivity index (χ2n) is 4.80. The molecule has 0 unspecified atom stereocenters. The van der Waals surface area contributed by atoms with Gasteiger partial charge >= 0.3 is 0 Å². The van der Waals surface area contributed by atoms with Gasteiger partial charge < -0.3 is 15.1 Å². The Labute approximate surface area is 110 Å². The minimum atomic E-state index is -3.44. The van der Waals surface area contributed by atoms with E-state index in [-0.39, 0.29) is 0 Å². The molecule has 2 fully saturated rings. The normalized spacial score (nSPS) is 24.4. The molecule has 2 aliphatic heterocycles. The molecule has 0 saturated carbocycles.